The number of pyridine rings is 1. The fourth-order valence-electron chi connectivity index (χ4n) is 2.70. The Morgan fingerprint density at radius 2 is 2.00 bits per heavy atom. The molecule has 29 heavy (non-hydrogen) atoms. The van der Waals surface area contributed by atoms with Crippen LogP contribution in [0.2, 0.25) is 0 Å². The minimum atomic E-state index is -0.812. The summed E-state index contributed by atoms with van der Waals surface area (Å²) in [5.74, 6) is -0.422. The van der Waals surface area contributed by atoms with E-state index in [-0.39, 0.29) is 22.4 Å². The minimum absolute atomic E-state index is 0.0501. The molecule has 11 heteroatoms. The second-order valence-electron chi connectivity index (χ2n) is 6.23. The summed E-state index contributed by atoms with van der Waals surface area (Å²) < 4.78 is 1.07. The van der Waals surface area contributed by atoms with Crippen LogP contribution in [0, 0.1) is 38.5 Å². The zero-order chi connectivity index (χ0) is 21.9. The number of nitriles is 1. The predicted molar refractivity (Wildman–Crippen MR) is 104 cm³/mol. The average molecular weight is 399 g/mol. The molecule has 0 aliphatic rings. The maximum Gasteiger partial charge on any atom is 0.301 e. The number of nitrogens with zero attached hydrogens (tertiary/aromatic N) is 5. The summed E-state index contributed by atoms with van der Waals surface area (Å²) in [6.45, 7) is 4.95. The maximum absolute atomic E-state index is 12.5. The third-order valence-electron chi connectivity index (χ3n) is 4.52. The number of nitro benzene ring substituents is 2. The summed E-state index contributed by atoms with van der Waals surface area (Å²) in [6, 6.07) is 4.35. The molecule has 1 N–H and O–H groups in total. The molecular weight excluding hydrogens is 382 g/mol. The molecule has 0 amide bonds. The quantitative estimate of drug-likeness (QED) is 0.442. The highest BCUT2D eigenvalue weighted by molar-refractivity contribution is 5.88. The fourth-order valence-corrected chi connectivity index (χ4v) is 2.70. The molecule has 0 aliphatic heterocycles. The van der Waals surface area contributed by atoms with E-state index in [0.717, 1.165) is 29.0 Å². The van der Waals surface area contributed by atoms with E-state index in [2.05, 4.69) is 4.99 Å². The van der Waals surface area contributed by atoms with Crippen LogP contribution in [0.15, 0.2) is 28.0 Å². The first-order valence-corrected chi connectivity index (χ1v) is 8.49. The highest BCUT2D eigenvalue weighted by atomic mass is 16.6. The monoisotopic (exact) mass is 399 g/mol. The van der Waals surface area contributed by atoms with Gasteiger partial charge >= 0.3 is 5.69 Å². The van der Waals surface area contributed by atoms with Crippen LogP contribution in [0.25, 0.3) is 0 Å². The number of non-ortho nitro benzene ring substituents is 1. The van der Waals surface area contributed by atoms with Gasteiger partial charge < -0.3 is 5.11 Å². The molecule has 0 spiro atoms. The molecule has 0 bridgehead atoms. The third-order valence-corrected chi connectivity index (χ3v) is 4.52. The van der Waals surface area contributed by atoms with Gasteiger partial charge in [-0.3, -0.25) is 29.6 Å². The van der Waals surface area contributed by atoms with E-state index in [4.69, 9.17) is 0 Å². The van der Waals surface area contributed by atoms with Gasteiger partial charge in [-0.05, 0) is 31.9 Å². The maximum atomic E-state index is 12.5. The highest BCUT2D eigenvalue weighted by Crippen LogP contribution is 2.32. The number of nitro groups is 2. The summed E-state index contributed by atoms with van der Waals surface area (Å²) >= 11 is 0. The van der Waals surface area contributed by atoms with Crippen molar-refractivity contribution in [2.45, 2.75) is 33.2 Å². The van der Waals surface area contributed by atoms with E-state index < -0.39 is 38.7 Å². The van der Waals surface area contributed by atoms with Gasteiger partial charge in [-0.1, -0.05) is 6.92 Å². The topological polar surface area (TPSA) is 165 Å². The summed E-state index contributed by atoms with van der Waals surface area (Å²) in [5.41, 5.74) is -1.84. The minimum Gasteiger partial charge on any atom is -0.494 e. The summed E-state index contributed by atoms with van der Waals surface area (Å²) in [5, 5.41) is 42.0. The zero-order valence-electron chi connectivity index (χ0n) is 15.8. The zero-order valence-corrected chi connectivity index (χ0v) is 15.8. The normalized spacial score (nSPS) is 11.9. The van der Waals surface area contributed by atoms with Crippen molar-refractivity contribution in [3.8, 4) is 11.9 Å². The predicted octanol–water partition coefficient (Wildman–Crippen LogP) is 3.27. The average Bonchev–Trinajstić information content (AvgIpc) is 2.67. The van der Waals surface area contributed by atoms with Crippen molar-refractivity contribution >= 4 is 23.3 Å². The number of aliphatic imine (C=N–C) groups is 1. The van der Waals surface area contributed by atoms with Crippen LogP contribution in [0.4, 0.5) is 17.1 Å². The van der Waals surface area contributed by atoms with Gasteiger partial charge in [-0.2, -0.15) is 5.26 Å². The number of hydrogen-bond donors (Lipinski definition) is 1. The molecule has 0 saturated heterocycles. The second-order valence-corrected chi connectivity index (χ2v) is 6.23. The molecule has 0 aliphatic carbocycles. The van der Waals surface area contributed by atoms with Crippen LogP contribution < -0.4 is 5.56 Å². The Hall–Kier alpha value is -4.07. The van der Waals surface area contributed by atoms with Crippen molar-refractivity contribution in [1.29, 1.82) is 5.26 Å². The first kappa shape index (κ1) is 21.2. The molecule has 150 valence electrons. The Bertz CT molecular complexity index is 1130. The van der Waals surface area contributed by atoms with E-state index in [1.165, 1.54) is 6.92 Å². The van der Waals surface area contributed by atoms with Crippen molar-refractivity contribution in [1.82, 2.24) is 4.57 Å². The SMILES string of the molecule is CCC(C)n1c(O)c(C=Nc2ccc([N+](=O)[O-])cc2[N+](=O)[O-])c(C)c(C#N)c1=O. The largest absolute Gasteiger partial charge is 0.494 e. The molecule has 0 saturated carbocycles. The van der Waals surface area contributed by atoms with Crippen LogP contribution in [0.5, 0.6) is 5.88 Å². The molecule has 0 fully saturated rings. The van der Waals surface area contributed by atoms with Crippen LogP contribution in [-0.4, -0.2) is 25.7 Å². The highest BCUT2D eigenvalue weighted by Gasteiger charge is 2.22. The lowest BCUT2D eigenvalue weighted by Gasteiger charge is -2.18. The number of rotatable bonds is 6. The first-order chi connectivity index (χ1) is 13.6. The molecule has 1 atom stereocenters. The van der Waals surface area contributed by atoms with E-state index >= 15 is 0 Å². The van der Waals surface area contributed by atoms with Gasteiger partial charge in [0, 0.05) is 18.3 Å². The molecule has 1 aromatic carbocycles. The van der Waals surface area contributed by atoms with Crippen molar-refractivity contribution in [2.24, 2.45) is 4.99 Å². The standard InChI is InChI=1S/C18H17N5O6/c1-4-10(2)21-17(24)13(8-19)11(3)14(18(21)25)9-20-15-6-5-12(22(26)27)7-16(15)23(28)29/h5-7,9-10,25H,4H2,1-3H3. The molecule has 0 radical (unpaired) electrons. The van der Waals surface area contributed by atoms with Gasteiger partial charge in [-0.15, -0.1) is 0 Å². The Balaban J connectivity index is 2.71. The van der Waals surface area contributed by atoms with Gasteiger partial charge in [0.25, 0.3) is 11.2 Å². The van der Waals surface area contributed by atoms with Crippen LogP contribution in [-0.2, 0) is 0 Å². The van der Waals surface area contributed by atoms with Crippen molar-refractivity contribution in [3.63, 3.8) is 0 Å². The lowest BCUT2D eigenvalue weighted by atomic mass is 10.0. The summed E-state index contributed by atoms with van der Waals surface area (Å²) in [4.78, 5) is 37.0. The van der Waals surface area contributed by atoms with E-state index in [1.54, 1.807) is 13.8 Å². The molecule has 1 unspecified atom stereocenters. The Morgan fingerprint density at radius 1 is 1.34 bits per heavy atom. The van der Waals surface area contributed by atoms with Crippen LogP contribution in [0.1, 0.15) is 43.0 Å². The molecule has 11 nitrogen and oxygen atoms in total. The number of benzene rings is 1. The lowest BCUT2D eigenvalue weighted by molar-refractivity contribution is -0.393. The van der Waals surface area contributed by atoms with Gasteiger partial charge in [0.05, 0.1) is 21.5 Å². The Labute approximate surface area is 164 Å². The van der Waals surface area contributed by atoms with E-state index in [1.807, 2.05) is 6.07 Å². The molecular formula is C18H17N5O6. The molecule has 2 aromatic rings. The first-order valence-electron chi connectivity index (χ1n) is 8.49. The van der Waals surface area contributed by atoms with E-state index in [9.17, 15) is 35.4 Å². The van der Waals surface area contributed by atoms with Crippen LogP contribution >= 0.6 is 0 Å². The number of aromatic hydroxyl groups is 1. The molecule has 1 heterocycles. The Kier molecular flexibility index (Phi) is 6.08. The molecule has 1 aromatic heterocycles. The Morgan fingerprint density at radius 3 is 2.52 bits per heavy atom. The summed E-state index contributed by atoms with van der Waals surface area (Å²) in [7, 11) is 0. The molecule has 2 rings (SSSR count). The van der Waals surface area contributed by atoms with Gasteiger partial charge in [0.1, 0.15) is 17.3 Å². The van der Waals surface area contributed by atoms with Gasteiger partial charge in [-0.25, -0.2) is 4.99 Å². The fraction of sp³-hybridized carbons (Fsp3) is 0.278. The van der Waals surface area contributed by atoms with E-state index in [0.29, 0.717) is 6.42 Å². The summed E-state index contributed by atoms with van der Waals surface area (Å²) in [6.07, 6.45) is 1.60. The third kappa shape index (κ3) is 3.96. The van der Waals surface area contributed by atoms with Gasteiger partial charge in [0.2, 0.25) is 5.88 Å². The van der Waals surface area contributed by atoms with Crippen molar-refractivity contribution in [2.75, 3.05) is 0 Å². The number of hydrogen-bond acceptors (Lipinski definition) is 8. The van der Waals surface area contributed by atoms with Gasteiger partial charge in [0.15, 0.2) is 0 Å². The van der Waals surface area contributed by atoms with Crippen molar-refractivity contribution < 1.29 is 15.0 Å². The number of aromatic nitrogens is 1. The lowest BCUT2D eigenvalue weighted by Crippen LogP contribution is -2.27. The second kappa shape index (κ2) is 8.30. The van der Waals surface area contributed by atoms with Crippen LogP contribution in [0.3, 0.4) is 0 Å². The van der Waals surface area contributed by atoms with Crippen molar-refractivity contribution in [3.05, 3.63) is 65.5 Å². The smallest absolute Gasteiger partial charge is 0.301 e.